The van der Waals surface area contributed by atoms with Crippen LogP contribution in [0.2, 0.25) is 0 Å². The molecule has 0 radical (unpaired) electrons. The first-order valence-electron chi connectivity index (χ1n) is 9.62. The number of nitrogens with one attached hydrogen (secondary N) is 2. The Labute approximate surface area is 158 Å². The van der Waals surface area contributed by atoms with Gasteiger partial charge in [0.25, 0.3) is 0 Å². The van der Waals surface area contributed by atoms with Gasteiger partial charge < -0.3 is 20.1 Å². The molecule has 1 aromatic carbocycles. The van der Waals surface area contributed by atoms with Crippen molar-refractivity contribution in [1.29, 1.82) is 0 Å². The summed E-state index contributed by atoms with van der Waals surface area (Å²) in [5.41, 5.74) is 0.609. The van der Waals surface area contributed by atoms with E-state index in [2.05, 4.69) is 10.6 Å². The third-order valence-corrected chi connectivity index (χ3v) is 6.75. The van der Waals surface area contributed by atoms with E-state index in [-0.39, 0.29) is 11.3 Å². The zero-order valence-electron chi connectivity index (χ0n) is 14.8. The molecule has 4 aliphatic carbocycles. The molecule has 1 amide bonds. The van der Waals surface area contributed by atoms with Crippen LogP contribution in [-0.4, -0.2) is 24.2 Å². The van der Waals surface area contributed by atoms with Crippen LogP contribution >= 0.6 is 12.2 Å². The maximum Gasteiger partial charge on any atom is 0.232 e. The number of rotatable bonds is 2. The van der Waals surface area contributed by atoms with E-state index in [0.717, 1.165) is 48.5 Å². The molecule has 4 bridgehead atoms. The van der Waals surface area contributed by atoms with Gasteiger partial charge in [0.1, 0.15) is 13.2 Å². The van der Waals surface area contributed by atoms with Crippen LogP contribution in [0.15, 0.2) is 18.2 Å². The van der Waals surface area contributed by atoms with Crippen molar-refractivity contribution in [1.82, 2.24) is 5.32 Å². The number of anilines is 1. The predicted molar refractivity (Wildman–Crippen MR) is 102 cm³/mol. The molecule has 0 atom stereocenters. The second-order valence-corrected chi connectivity index (χ2v) is 8.87. The van der Waals surface area contributed by atoms with Gasteiger partial charge in [-0.2, -0.15) is 0 Å². The molecule has 1 aliphatic heterocycles. The fraction of sp³-hybridized carbons (Fsp3) is 0.600. The van der Waals surface area contributed by atoms with Crippen molar-refractivity contribution >= 4 is 28.9 Å². The highest BCUT2D eigenvalue weighted by atomic mass is 32.1. The third kappa shape index (κ3) is 2.84. The van der Waals surface area contributed by atoms with Gasteiger partial charge in [0.05, 0.1) is 5.41 Å². The van der Waals surface area contributed by atoms with Gasteiger partial charge in [-0.1, -0.05) is 0 Å². The van der Waals surface area contributed by atoms with Gasteiger partial charge >= 0.3 is 0 Å². The SMILES string of the molecule is O=C(NC(=S)Nc1ccc2c(c1)OCCO2)C12CC3CC(CC(C3)C1)C2. The largest absolute Gasteiger partial charge is 0.486 e. The van der Waals surface area contributed by atoms with Crippen LogP contribution in [0.1, 0.15) is 38.5 Å². The summed E-state index contributed by atoms with van der Waals surface area (Å²) >= 11 is 5.41. The topological polar surface area (TPSA) is 59.6 Å². The van der Waals surface area contributed by atoms with E-state index in [1.54, 1.807) is 0 Å². The van der Waals surface area contributed by atoms with Crippen LogP contribution in [0.3, 0.4) is 0 Å². The summed E-state index contributed by atoms with van der Waals surface area (Å²) in [4.78, 5) is 13.0. The first-order chi connectivity index (χ1) is 12.6. The van der Waals surface area contributed by atoms with E-state index < -0.39 is 0 Å². The van der Waals surface area contributed by atoms with Gasteiger partial charge in [0.15, 0.2) is 16.6 Å². The minimum Gasteiger partial charge on any atom is -0.486 e. The summed E-state index contributed by atoms with van der Waals surface area (Å²) in [5, 5.41) is 6.46. The fourth-order valence-electron chi connectivity index (χ4n) is 5.91. The molecule has 0 unspecified atom stereocenters. The van der Waals surface area contributed by atoms with Crippen LogP contribution < -0.4 is 20.1 Å². The number of amides is 1. The Morgan fingerprint density at radius 2 is 1.62 bits per heavy atom. The van der Waals surface area contributed by atoms with E-state index >= 15 is 0 Å². The number of carbonyl (C=O) groups excluding carboxylic acids is 1. The van der Waals surface area contributed by atoms with Gasteiger partial charge in [0, 0.05) is 11.8 Å². The average molecular weight is 372 g/mol. The molecule has 1 heterocycles. The lowest BCUT2D eigenvalue weighted by atomic mass is 9.49. The Kier molecular flexibility index (Phi) is 3.85. The number of hydrogen-bond acceptors (Lipinski definition) is 4. The van der Waals surface area contributed by atoms with Gasteiger partial charge in [0.2, 0.25) is 5.91 Å². The summed E-state index contributed by atoms with van der Waals surface area (Å²) in [5.74, 6) is 3.79. The zero-order chi connectivity index (χ0) is 17.7. The van der Waals surface area contributed by atoms with Crippen molar-refractivity contribution in [2.75, 3.05) is 18.5 Å². The average Bonchev–Trinajstić information content (AvgIpc) is 2.60. The Balaban J connectivity index is 1.25. The highest BCUT2D eigenvalue weighted by Gasteiger charge is 2.54. The minimum absolute atomic E-state index is 0.117. The highest BCUT2D eigenvalue weighted by molar-refractivity contribution is 7.80. The maximum atomic E-state index is 13.0. The number of hydrogen-bond donors (Lipinski definition) is 2. The van der Waals surface area contributed by atoms with E-state index in [9.17, 15) is 4.79 Å². The van der Waals surface area contributed by atoms with Gasteiger partial charge in [-0.15, -0.1) is 0 Å². The predicted octanol–water partition coefficient (Wildman–Crippen LogP) is 3.49. The van der Waals surface area contributed by atoms with E-state index in [1.807, 2.05) is 18.2 Å². The molecule has 1 aromatic rings. The fourth-order valence-corrected chi connectivity index (χ4v) is 6.12. The summed E-state index contributed by atoms with van der Waals surface area (Å²) in [6.07, 6.45) is 7.09. The monoisotopic (exact) mass is 372 g/mol. The normalized spacial score (nSPS) is 33.6. The molecular weight excluding hydrogens is 348 g/mol. The van der Waals surface area contributed by atoms with Crippen LogP contribution in [0, 0.1) is 23.2 Å². The summed E-state index contributed by atoms with van der Waals surface area (Å²) < 4.78 is 11.1. The lowest BCUT2D eigenvalue weighted by Gasteiger charge is -2.55. The van der Waals surface area contributed by atoms with Crippen molar-refractivity contribution in [2.45, 2.75) is 38.5 Å². The Morgan fingerprint density at radius 1 is 1.00 bits per heavy atom. The first kappa shape index (κ1) is 16.4. The van der Waals surface area contributed by atoms with Gasteiger partial charge in [-0.05, 0) is 80.6 Å². The molecule has 0 aromatic heterocycles. The van der Waals surface area contributed by atoms with Crippen molar-refractivity contribution in [2.24, 2.45) is 23.2 Å². The molecule has 138 valence electrons. The quantitative estimate of drug-likeness (QED) is 0.779. The molecule has 4 saturated carbocycles. The molecule has 0 spiro atoms. The van der Waals surface area contributed by atoms with Crippen molar-refractivity contribution in [3.63, 3.8) is 0 Å². The molecule has 4 fully saturated rings. The van der Waals surface area contributed by atoms with Crippen LogP contribution in [-0.2, 0) is 4.79 Å². The number of carbonyl (C=O) groups is 1. The van der Waals surface area contributed by atoms with Crippen molar-refractivity contribution in [3.05, 3.63) is 18.2 Å². The Bertz CT molecular complexity index is 728. The molecule has 2 N–H and O–H groups in total. The molecule has 5 nitrogen and oxygen atoms in total. The summed E-state index contributed by atoms with van der Waals surface area (Å²) in [6.45, 7) is 1.11. The van der Waals surface area contributed by atoms with Crippen molar-refractivity contribution < 1.29 is 14.3 Å². The third-order valence-electron chi connectivity index (χ3n) is 6.55. The Morgan fingerprint density at radius 3 is 2.27 bits per heavy atom. The number of ether oxygens (including phenoxy) is 2. The van der Waals surface area contributed by atoms with E-state index in [0.29, 0.717) is 24.1 Å². The molecule has 6 heteroatoms. The smallest absolute Gasteiger partial charge is 0.232 e. The van der Waals surface area contributed by atoms with Gasteiger partial charge in [-0.25, -0.2) is 0 Å². The Hall–Kier alpha value is -1.82. The lowest BCUT2D eigenvalue weighted by molar-refractivity contribution is -0.144. The standard InChI is InChI=1S/C20H24N2O3S/c23-18(20-9-12-5-13(10-20)7-14(6-12)11-20)22-19(26)21-15-1-2-16-17(8-15)25-4-3-24-16/h1-2,8,12-14H,3-7,9-11H2,(H2,21,22,23,26). The highest BCUT2D eigenvalue weighted by Crippen LogP contribution is 2.60. The number of fused-ring (bicyclic) bond motifs is 1. The summed E-state index contributed by atoms with van der Waals surface area (Å²) in [7, 11) is 0. The van der Waals surface area contributed by atoms with Crippen molar-refractivity contribution in [3.8, 4) is 11.5 Å². The minimum atomic E-state index is -0.187. The maximum absolute atomic E-state index is 13.0. The molecular formula is C20H24N2O3S. The van der Waals surface area contributed by atoms with Crippen LogP contribution in [0.25, 0.3) is 0 Å². The van der Waals surface area contributed by atoms with E-state index in [4.69, 9.17) is 21.7 Å². The number of benzene rings is 1. The van der Waals surface area contributed by atoms with Crippen LogP contribution in [0.4, 0.5) is 5.69 Å². The molecule has 26 heavy (non-hydrogen) atoms. The second-order valence-electron chi connectivity index (χ2n) is 8.46. The lowest BCUT2D eigenvalue weighted by Crippen LogP contribution is -2.55. The first-order valence-corrected chi connectivity index (χ1v) is 10.0. The number of thiocarbonyl (C=S) groups is 1. The summed E-state index contributed by atoms with van der Waals surface area (Å²) in [6, 6.07) is 5.61. The second kappa shape index (κ2) is 6.12. The molecule has 0 saturated heterocycles. The molecule has 6 rings (SSSR count). The van der Waals surface area contributed by atoms with Gasteiger partial charge in [-0.3, -0.25) is 4.79 Å². The molecule has 5 aliphatic rings. The zero-order valence-corrected chi connectivity index (χ0v) is 15.6. The van der Waals surface area contributed by atoms with E-state index in [1.165, 1.54) is 19.3 Å². The van der Waals surface area contributed by atoms with Crippen LogP contribution in [0.5, 0.6) is 11.5 Å².